The van der Waals surface area contributed by atoms with Gasteiger partial charge in [-0.05, 0) is 25.9 Å². The van der Waals surface area contributed by atoms with Crippen molar-refractivity contribution in [3.05, 3.63) is 10.4 Å². The van der Waals surface area contributed by atoms with Gasteiger partial charge in [-0.1, -0.05) is 18.2 Å². The molecule has 11 heavy (non-hydrogen) atoms. The van der Waals surface area contributed by atoms with E-state index < -0.39 is 16.0 Å². The molecular formula is C5H14N4PSi. The second kappa shape index (κ2) is 4.60. The van der Waals surface area contributed by atoms with Crippen molar-refractivity contribution in [1.82, 2.24) is 0 Å². The predicted molar refractivity (Wildman–Crippen MR) is 52.7 cm³/mol. The minimum atomic E-state index is -1.27. The molecule has 0 aromatic heterocycles. The van der Waals surface area contributed by atoms with Crippen LogP contribution in [0, 0.1) is 0 Å². The van der Waals surface area contributed by atoms with E-state index in [0.717, 1.165) is 0 Å². The van der Waals surface area contributed by atoms with Crippen LogP contribution in [-0.4, -0.2) is 28.6 Å². The van der Waals surface area contributed by atoms with Crippen LogP contribution in [0.15, 0.2) is 9.52 Å². The Morgan fingerprint density at radius 1 is 1.45 bits per heavy atom. The van der Waals surface area contributed by atoms with Crippen LogP contribution < -0.4 is 0 Å². The first-order chi connectivity index (χ1) is 4.98. The van der Waals surface area contributed by atoms with Crippen molar-refractivity contribution in [2.75, 3.05) is 19.6 Å². The molecule has 0 heterocycles. The summed E-state index contributed by atoms with van der Waals surface area (Å²) in [6.45, 7) is 8.48. The van der Waals surface area contributed by atoms with Crippen molar-refractivity contribution < 1.29 is 0 Å². The fraction of sp³-hybridized carbons (Fsp3) is 1.00. The quantitative estimate of drug-likeness (QED) is 0.215. The molecule has 0 aromatic carbocycles. The highest BCUT2D eigenvalue weighted by molar-refractivity contribution is 7.65. The molecule has 0 aromatic rings. The lowest BCUT2D eigenvalue weighted by molar-refractivity contribution is 1.30. The second-order valence-electron chi connectivity index (χ2n) is 3.04. The maximum absolute atomic E-state index is 8.11. The Hall–Kier alpha value is -0.243. The predicted octanol–water partition coefficient (Wildman–Crippen LogP) is 2.97. The molecule has 0 rings (SSSR count). The monoisotopic (exact) mass is 189 g/mol. The minimum Gasteiger partial charge on any atom is -0.339 e. The highest BCUT2D eigenvalue weighted by Gasteiger charge is 2.04. The van der Waals surface area contributed by atoms with Crippen molar-refractivity contribution in [3.63, 3.8) is 0 Å². The highest BCUT2D eigenvalue weighted by atomic mass is 31.2. The second-order valence-corrected chi connectivity index (χ2v) is 9.26. The molecule has 0 aliphatic rings. The van der Waals surface area contributed by atoms with E-state index in [-0.39, 0.29) is 0 Å². The Labute approximate surface area is 69.4 Å². The first kappa shape index (κ1) is 10.8. The normalized spacial score (nSPS) is 11.0. The fourth-order valence-corrected chi connectivity index (χ4v) is 5.71. The Morgan fingerprint density at radius 2 is 2.00 bits per heavy atom. The van der Waals surface area contributed by atoms with Crippen molar-refractivity contribution in [2.24, 2.45) is 9.52 Å². The first-order valence-electron chi connectivity index (χ1n) is 3.35. The number of hydrogen-bond donors (Lipinski definition) is 0. The van der Waals surface area contributed by atoms with Gasteiger partial charge < -0.3 is 4.41 Å². The summed E-state index contributed by atoms with van der Waals surface area (Å²) in [6, 6.07) is 0. The molecular weight excluding hydrogens is 175 g/mol. The van der Waals surface area contributed by atoms with Gasteiger partial charge >= 0.3 is 0 Å². The molecule has 0 aliphatic heterocycles. The van der Waals surface area contributed by atoms with E-state index in [2.05, 4.69) is 40.9 Å². The smallest absolute Gasteiger partial charge is 0.188 e. The van der Waals surface area contributed by atoms with Gasteiger partial charge in [0.25, 0.3) is 0 Å². The molecule has 63 valence electrons. The minimum absolute atomic E-state index is 0.531. The lowest BCUT2D eigenvalue weighted by atomic mass is 11.5. The third kappa shape index (κ3) is 6.17. The van der Waals surface area contributed by atoms with Gasteiger partial charge in [-0.25, -0.2) is 0 Å². The van der Waals surface area contributed by atoms with E-state index in [1.54, 1.807) is 0 Å². The first-order valence-corrected chi connectivity index (χ1v) is 8.62. The summed E-state index contributed by atoms with van der Waals surface area (Å²) in [5.41, 5.74) is 8.11. The summed E-state index contributed by atoms with van der Waals surface area (Å²) in [4.78, 5) is 2.73. The summed E-state index contributed by atoms with van der Waals surface area (Å²) < 4.78 is 4.59. The van der Waals surface area contributed by atoms with Crippen LogP contribution in [0.4, 0.5) is 0 Å². The van der Waals surface area contributed by atoms with Crippen LogP contribution in [0.3, 0.4) is 0 Å². The number of rotatable bonds is 3. The van der Waals surface area contributed by atoms with Crippen molar-refractivity contribution >= 4 is 16.0 Å². The third-order valence-electron chi connectivity index (χ3n) is 0.943. The topological polar surface area (TPSA) is 61.1 Å². The molecule has 4 nitrogen and oxygen atoms in total. The van der Waals surface area contributed by atoms with Crippen LogP contribution in [0.25, 0.3) is 10.4 Å². The van der Waals surface area contributed by atoms with E-state index in [4.69, 9.17) is 5.53 Å². The van der Waals surface area contributed by atoms with Gasteiger partial charge in [0, 0.05) is 4.91 Å². The SMILES string of the molecule is C[Si](C)N=P(C)(C)CN=[N+]=[N-]. The Bertz CT molecular complexity index is 213. The van der Waals surface area contributed by atoms with E-state index in [1.165, 1.54) is 0 Å². The molecule has 1 radical (unpaired) electrons. The summed E-state index contributed by atoms with van der Waals surface area (Å²) in [5, 5.41) is 3.55. The molecule has 0 aliphatic carbocycles. The van der Waals surface area contributed by atoms with Gasteiger partial charge in [0.05, 0.1) is 6.29 Å². The molecule has 0 saturated heterocycles. The molecule has 0 unspecified atom stereocenters. The average Bonchev–Trinajstić information content (AvgIpc) is 1.81. The molecule has 6 heteroatoms. The largest absolute Gasteiger partial charge is 0.339 e. The van der Waals surface area contributed by atoms with Crippen LogP contribution in [-0.2, 0) is 0 Å². The Balaban J connectivity index is 4.31. The Morgan fingerprint density at radius 3 is 2.36 bits per heavy atom. The molecule has 0 saturated carbocycles. The zero-order chi connectivity index (χ0) is 8.91. The fourth-order valence-electron chi connectivity index (χ4n) is 0.756. The molecule has 0 amide bonds. The van der Waals surface area contributed by atoms with Gasteiger partial charge in [-0.3, -0.25) is 0 Å². The summed E-state index contributed by atoms with van der Waals surface area (Å²) in [5.74, 6) is 0. The summed E-state index contributed by atoms with van der Waals surface area (Å²) in [7, 11) is -1.80. The maximum atomic E-state index is 8.11. The van der Waals surface area contributed by atoms with Gasteiger partial charge in [0.1, 0.15) is 0 Å². The van der Waals surface area contributed by atoms with E-state index in [1.807, 2.05) is 0 Å². The number of hydrogen-bond acceptors (Lipinski definition) is 2. The van der Waals surface area contributed by atoms with E-state index >= 15 is 0 Å². The van der Waals surface area contributed by atoms with Crippen molar-refractivity contribution in [3.8, 4) is 0 Å². The summed E-state index contributed by atoms with van der Waals surface area (Å²) >= 11 is 0. The highest BCUT2D eigenvalue weighted by Crippen LogP contribution is 2.41. The Kier molecular flexibility index (Phi) is 4.50. The maximum Gasteiger partial charge on any atom is 0.188 e. The van der Waals surface area contributed by atoms with E-state index in [9.17, 15) is 0 Å². The molecule has 0 fully saturated rings. The number of azide groups is 1. The van der Waals surface area contributed by atoms with Crippen LogP contribution in [0.5, 0.6) is 0 Å². The van der Waals surface area contributed by atoms with Crippen LogP contribution in [0.1, 0.15) is 0 Å². The molecule has 0 bridgehead atoms. The average molecular weight is 189 g/mol. The van der Waals surface area contributed by atoms with E-state index in [0.29, 0.717) is 6.29 Å². The standard InChI is InChI=1S/C5H14N4PSi/c1-10(2,5-7-8-6)9-11(3)4/h5H2,1-4H3. The van der Waals surface area contributed by atoms with Gasteiger partial charge in [0.2, 0.25) is 0 Å². The van der Waals surface area contributed by atoms with Crippen LogP contribution >= 0.6 is 7.05 Å². The third-order valence-corrected chi connectivity index (χ3v) is 5.53. The lowest BCUT2D eigenvalue weighted by Gasteiger charge is -2.11. The van der Waals surface area contributed by atoms with Crippen LogP contribution in [0.2, 0.25) is 13.1 Å². The van der Waals surface area contributed by atoms with Crippen molar-refractivity contribution in [1.29, 1.82) is 0 Å². The zero-order valence-electron chi connectivity index (χ0n) is 7.44. The molecule has 0 spiro atoms. The molecule has 0 N–H and O–H groups in total. The lowest BCUT2D eigenvalue weighted by Crippen LogP contribution is -1.95. The number of nitrogens with zero attached hydrogens (tertiary/aromatic N) is 4. The summed E-state index contributed by atoms with van der Waals surface area (Å²) in [6.07, 6.45) is 0.569. The zero-order valence-corrected chi connectivity index (χ0v) is 9.34. The van der Waals surface area contributed by atoms with Crippen molar-refractivity contribution in [2.45, 2.75) is 13.1 Å². The van der Waals surface area contributed by atoms with Gasteiger partial charge in [-0.2, -0.15) is 0 Å². The van der Waals surface area contributed by atoms with Gasteiger partial charge in [0.15, 0.2) is 8.96 Å². The molecule has 0 atom stereocenters. The van der Waals surface area contributed by atoms with Gasteiger partial charge in [-0.15, -0.1) is 0 Å².